The van der Waals surface area contributed by atoms with Crippen LogP contribution in [0.2, 0.25) is 0 Å². The molecule has 4 rings (SSSR count). The van der Waals surface area contributed by atoms with Crippen molar-refractivity contribution in [2.45, 2.75) is 6.92 Å². The average molecular weight is 379 g/mol. The normalized spacial score (nSPS) is 11.0. The summed E-state index contributed by atoms with van der Waals surface area (Å²) in [5, 5.41) is 13.6. The van der Waals surface area contributed by atoms with Gasteiger partial charge in [-0.2, -0.15) is 10.2 Å². The summed E-state index contributed by atoms with van der Waals surface area (Å²) in [7, 11) is 3.15. The average Bonchev–Trinajstić information content (AvgIpc) is 3.15. The fourth-order valence-corrected chi connectivity index (χ4v) is 3.07. The van der Waals surface area contributed by atoms with E-state index in [4.69, 9.17) is 18.7 Å². The van der Waals surface area contributed by atoms with E-state index >= 15 is 0 Å². The third kappa shape index (κ3) is 2.88. The molecule has 0 fully saturated rings. The Bertz CT molecular complexity index is 1190. The smallest absolute Gasteiger partial charge is 0.361 e. The molecule has 0 spiro atoms. The number of ether oxygens (including phenoxy) is 3. The van der Waals surface area contributed by atoms with Crippen molar-refractivity contribution >= 4 is 27.8 Å². The highest BCUT2D eigenvalue weighted by atomic mass is 16.5. The number of fused-ring (bicyclic) bond motifs is 2. The third-order valence-corrected chi connectivity index (χ3v) is 4.40. The molecule has 0 aliphatic carbocycles. The Hall–Kier alpha value is -3.68. The van der Waals surface area contributed by atoms with Gasteiger partial charge in [-0.05, 0) is 30.7 Å². The zero-order valence-corrected chi connectivity index (χ0v) is 15.6. The summed E-state index contributed by atoms with van der Waals surface area (Å²) in [4.78, 5) is 12.0. The lowest BCUT2D eigenvalue weighted by Crippen LogP contribution is -2.05. The third-order valence-electron chi connectivity index (χ3n) is 4.40. The van der Waals surface area contributed by atoms with E-state index in [1.165, 1.54) is 0 Å². The fourth-order valence-electron chi connectivity index (χ4n) is 3.07. The van der Waals surface area contributed by atoms with E-state index < -0.39 is 5.97 Å². The minimum Gasteiger partial charge on any atom is -0.493 e. The van der Waals surface area contributed by atoms with Crippen molar-refractivity contribution in [2.24, 2.45) is 0 Å². The Morgan fingerprint density at radius 3 is 2.61 bits per heavy atom. The Balaban J connectivity index is 1.86. The summed E-state index contributed by atoms with van der Waals surface area (Å²) in [6.07, 6.45) is 1.66. The van der Waals surface area contributed by atoms with E-state index in [0.717, 1.165) is 16.5 Å². The van der Waals surface area contributed by atoms with Gasteiger partial charge in [-0.1, -0.05) is 11.2 Å². The summed E-state index contributed by atoms with van der Waals surface area (Å²) in [5.41, 5.74) is 2.98. The van der Waals surface area contributed by atoms with Crippen molar-refractivity contribution in [1.82, 2.24) is 15.4 Å². The molecule has 28 heavy (non-hydrogen) atoms. The molecule has 0 amide bonds. The van der Waals surface area contributed by atoms with Gasteiger partial charge >= 0.3 is 5.97 Å². The first-order valence-electron chi connectivity index (χ1n) is 8.60. The van der Waals surface area contributed by atoms with Crippen molar-refractivity contribution in [3.63, 3.8) is 0 Å². The highest BCUT2D eigenvalue weighted by Gasteiger charge is 2.18. The summed E-state index contributed by atoms with van der Waals surface area (Å²) < 4.78 is 21.1. The summed E-state index contributed by atoms with van der Waals surface area (Å²) >= 11 is 0. The van der Waals surface area contributed by atoms with Gasteiger partial charge in [0.05, 0.1) is 37.9 Å². The maximum atomic E-state index is 12.0. The second-order valence-electron chi connectivity index (χ2n) is 5.95. The van der Waals surface area contributed by atoms with Gasteiger partial charge < -0.3 is 18.7 Å². The first-order valence-corrected chi connectivity index (χ1v) is 8.60. The summed E-state index contributed by atoms with van der Waals surface area (Å²) in [6.45, 7) is 2.01. The van der Waals surface area contributed by atoms with Gasteiger partial charge in [-0.3, -0.25) is 0 Å². The van der Waals surface area contributed by atoms with Gasteiger partial charge in [-0.25, -0.2) is 4.79 Å². The van der Waals surface area contributed by atoms with Crippen molar-refractivity contribution in [2.75, 3.05) is 20.8 Å². The van der Waals surface area contributed by atoms with Crippen molar-refractivity contribution in [3.8, 4) is 22.6 Å². The standard InChI is InChI=1S/C20H17N3O5/c1-4-27-20(24)19-12-6-5-11(7-16(12)28-23-19)14-10-21-22-15-9-18(26-3)17(25-2)8-13(14)15/h5-10H,4H2,1-3H3. The lowest BCUT2D eigenvalue weighted by molar-refractivity contribution is 0.0517. The number of hydrogen-bond donors (Lipinski definition) is 0. The zero-order valence-electron chi connectivity index (χ0n) is 15.6. The topological polar surface area (TPSA) is 96.6 Å². The molecule has 2 heterocycles. The molecule has 142 valence electrons. The van der Waals surface area contributed by atoms with Crippen LogP contribution in [-0.4, -0.2) is 42.1 Å². The monoisotopic (exact) mass is 379 g/mol. The van der Waals surface area contributed by atoms with Gasteiger partial charge in [0.2, 0.25) is 0 Å². The predicted octanol–water partition coefficient (Wildman–Crippen LogP) is 3.63. The lowest BCUT2D eigenvalue weighted by atomic mass is 10.0. The van der Waals surface area contributed by atoms with Crippen LogP contribution in [0.3, 0.4) is 0 Å². The second-order valence-corrected chi connectivity index (χ2v) is 5.95. The van der Waals surface area contributed by atoms with Crippen molar-refractivity contribution < 1.29 is 23.5 Å². The molecule has 2 aromatic carbocycles. The predicted molar refractivity (Wildman–Crippen MR) is 102 cm³/mol. The largest absolute Gasteiger partial charge is 0.493 e. The van der Waals surface area contributed by atoms with Crippen molar-refractivity contribution in [3.05, 3.63) is 42.2 Å². The van der Waals surface area contributed by atoms with E-state index in [0.29, 0.717) is 28.0 Å². The Morgan fingerprint density at radius 2 is 1.86 bits per heavy atom. The maximum Gasteiger partial charge on any atom is 0.361 e. The van der Waals surface area contributed by atoms with E-state index in [9.17, 15) is 4.79 Å². The molecule has 0 saturated heterocycles. The first kappa shape index (κ1) is 17.7. The number of hydrogen-bond acceptors (Lipinski definition) is 8. The van der Waals surface area contributed by atoms with Gasteiger partial charge in [0, 0.05) is 17.0 Å². The van der Waals surface area contributed by atoms with Gasteiger partial charge in [0.1, 0.15) is 0 Å². The van der Waals surface area contributed by atoms with Crippen LogP contribution in [-0.2, 0) is 4.74 Å². The number of nitrogens with zero attached hydrogens (tertiary/aromatic N) is 3. The number of esters is 1. The molecule has 8 nitrogen and oxygen atoms in total. The Morgan fingerprint density at radius 1 is 1.07 bits per heavy atom. The van der Waals surface area contributed by atoms with Crippen LogP contribution in [0.4, 0.5) is 0 Å². The van der Waals surface area contributed by atoms with Crippen LogP contribution in [0.15, 0.2) is 41.1 Å². The van der Waals surface area contributed by atoms with E-state index in [2.05, 4.69) is 15.4 Å². The molecular weight excluding hydrogens is 362 g/mol. The summed E-state index contributed by atoms with van der Waals surface area (Å²) in [5.74, 6) is 0.655. The van der Waals surface area contributed by atoms with Crippen LogP contribution in [0.25, 0.3) is 33.0 Å². The molecule has 2 aromatic heterocycles. The lowest BCUT2D eigenvalue weighted by Gasteiger charge is -2.11. The van der Waals surface area contributed by atoms with Gasteiger partial charge in [0.25, 0.3) is 0 Å². The number of carbonyl (C=O) groups excluding carboxylic acids is 1. The van der Waals surface area contributed by atoms with Crippen LogP contribution in [0, 0.1) is 0 Å². The van der Waals surface area contributed by atoms with Crippen LogP contribution in [0.5, 0.6) is 11.5 Å². The molecule has 0 atom stereocenters. The number of carbonyl (C=O) groups is 1. The van der Waals surface area contributed by atoms with E-state index in [1.54, 1.807) is 45.5 Å². The van der Waals surface area contributed by atoms with Crippen LogP contribution >= 0.6 is 0 Å². The molecule has 0 bridgehead atoms. The minimum absolute atomic E-state index is 0.160. The molecule has 0 aliphatic heterocycles. The molecule has 4 aromatic rings. The molecule has 0 saturated carbocycles. The molecule has 0 N–H and O–H groups in total. The Labute approximate surface area is 160 Å². The van der Waals surface area contributed by atoms with Gasteiger partial charge in [-0.15, -0.1) is 0 Å². The molecular formula is C20H17N3O5. The highest BCUT2D eigenvalue weighted by molar-refractivity contribution is 6.03. The molecule has 0 aliphatic rings. The molecule has 0 radical (unpaired) electrons. The quantitative estimate of drug-likeness (QED) is 0.485. The second kappa shape index (κ2) is 7.15. The van der Waals surface area contributed by atoms with E-state index in [1.807, 2.05) is 12.1 Å². The first-order chi connectivity index (χ1) is 13.7. The van der Waals surface area contributed by atoms with Crippen molar-refractivity contribution in [1.29, 1.82) is 0 Å². The van der Waals surface area contributed by atoms with Crippen LogP contribution in [0.1, 0.15) is 17.4 Å². The SMILES string of the molecule is CCOC(=O)c1noc2cc(-c3cnnc4cc(OC)c(OC)cc34)ccc12. The number of benzene rings is 2. The highest BCUT2D eigenvalue weighted by Crippen LogP contribution is 2.36. The number of rotatable bonds is 5. The fraction of sp³-hybridized carbons (Fsp3) is 0.200. The minimum atomic E-state index is -0.512. The number of methoxy groups -OCH3 is 2. The van der Waals surface area contributed by atoms with Crippen LogP contribution < -0.4 is 9.47 Å². The zero-order chi connectivity index (χ0) is 19.7. The number of aromatic nitrogens is 3. The molecule has 0 unspecified atom stereocenters. The maximum absolute atomic E-state index is 12.0. The van der Waals surface area contributed by atoms with Gasteiger partial charge in [0.15, 0.2) is 22.8 Å². The Kier molecular flexibility index (Phi) is 4.52. The van der Waals surface area contributed by atoms with E-state index in [-0.39, 0.29) is 12.3 Å². The summed E-state index contributed by atoms with van der Waals surface area (Å²) in [6, 6.07) is 9.08. The molecule has 8 heteroatoms.